The number of rotatable bonds is 6. The monoisotopic (exact) mass is 384 g/mol. The van der Waals surface area contributed by atoms with E-state index in [4.69, 9.17) is 5.11 Å². The molecule has 0 bridgehead atoms. The molecule has 4 rings (SSSR count). The molecule has 1 aliphatic rings. The van der Waals surface area contributed by atoms with Crippen LogP contribution in [0.5, 0.6) is 0 Å². The molecule has 0 aliphatic heterocycles. The zero-order valence-corrected chi connectivity index (χ0v) is 14.8. The minimum absolute atomic E-state index is 0.0831. The minimum atomic E-state index is -1.03. The Morgan fingerprint density at radius 1 is 1.25 bits per heavy atom. The topological polar surface area (TPSA) is 115 Å². The SMILES string of the molecule is O=C(O)Cn1cc(CNC(=O)c2nn(-c3ccccc3F)c3c2CCC3)nn1. The largest absolute Gasteiger partial charge is 0.480 e. The van der Waals surface area contributed by atoms with Crippen LogP contribution in [-0.2, 0) is 30.7 Å². The van der Waals surface area contributed by atoms with Crippen molar-refractivity contribution in [1.82, 2.24) is 30.1 Å². The molecule has 0 spiro atoms. The number of carbonyl (C=O) groups is 2. The van der Waals surface area contributed by atoms with E-state index in [9.17, 15) is 14.0 Å². The molecule has 0 atom stereocenters. The maximum atomic E-state index is 14.2. The highest BCUT2D eigenvalue weighted by atomic mass is 19.1. The molecule has 28 heavy (non-hydrogen) atoms. The first kappa shape index (κ1) is 17.8. The van der Waals surface area contributed by atoms with Crippen LogP contribution < -0.4 is 5.32 Å². The van der Waals surface area contributed by atoms with Crippen LogP contribution in [0.3, 0.4) is 0 Å². The Kier molecular flexibility index (Phi) is 4.60. The molecule has 9 nitrogen and oxygen atoms in total. The van der Waals surface area contributed by atoms with E-state index in [2.05, 4.69) is 20.7 Å². The number of hydrogen-bond donors (Lipinski definition) is 2. The van der Waals surface area contributed by atoms with Crippen molar-refractivity contribution in [3.63, 3.8) is 0 Å². The molecule has 144 valence electrons. The molecule has 2 heterocycles. The average Bonchev–Trinajstić information content (AvgIpc) is 3.36. The molecule has 2 aromatic heterocycles. The number of carbonyl (C=O) groups excluding carboxylic acids is 1. The fourth-order valence-corrected chi connectivity index (χ4v) is 3.33. The molecule has 0 saturated heterocycles. The molecular weight excluding hydrogens is 367 g/mol. The normalized spacial score (nSPS) is 12.8. The van der Waals surface area contributed by atoms with Crippen molar-refractivity contribution in [1.29, 1.82) is 0 Å². The van der Waals surface area contributed by atoms with Crippen molar-refractivity contribution in [2.24, 2.45) is 0 Å². The lowest BCUT2D eigenvalue weighted by atomic mass is 10.2. The Morgan fingerprint density at radius 2 is 2.07 bits per heavy atom. The zero-order valence-electron chi connectivity index (χ0n) is 14.8. The van der Waals surface area contributed by atoms with Gasteiger partial charge in [-0.25, -0.2) is 13.8 Å². The summed E-state index contributed by atoms with van der Waals surface area (Å²) in [6.45, 7) is -0.221. The third kappa shape index (κ3) is 3.36. The summed E-state index contributed by atoms with van der Waals surface area (Å²) in [6, 6.07) is 6.32. The van der Waals surface area contributed by atoms with Gasteiger partial charge in [0.1, 0.15) is 23.7 Å². The van der Waals surface area contributed by atoms with Gasteiger partial charge in [-0.2, -0.15) is 5.10 Å². The van der Waals surface area contributed by atoms with Crippen LogP contribution >= 0.6 is 0 Å². The van der Waals surface area contributed by atoms with Gasteiger partial charge in [-0.1, -0.05) is 17.3 Å². The summed E-state index contributed by atoms with van der Waals surface area (Å²) in [7, 11) is 0. The van der Waals surface area contributed by atoms with Crippen molar-refractivity contribution in [2.45, 2.75) is 32.4 Å². The number of nitrogens with one attached hydrogen (secondary N) is 1. The number of nitrogens with zero attached hydrogens (tertiary/aromatic N) is 5. The van der Waals surface area contributed by atoms with Gasteiger partial charge in [0.05, 0.1) is 12.7 Å². The smallest absolute Gasteiger partial charge is 0.325 e. The maximum Gasteiger partial charge on any atom is 0.325 e. The number of para-hydroxylation sites is 1. The van der Waals surface area contributed by atoms with E-state index in [-0.39, 0.29) is 24.7 Å². The lowest BCUT2D eigenvalue weighted by Gasteiger charge is -2.06. The van der Waals surface area contributed by atoms with Gasteiger partial charge >= 0.3 is 5.97 Å². The number of carboxylic acids is 1. The Hall–Kier alpha value is -3.56. The van der Waals surface area contributed by atoms with E-state index in [0.717, 1.165) is 24.1 Å². The fourth-order valence-electron chi connectivity index (χ4n) is 3.33. The molecule has 1 aliphatic carbocycles. The third-order valence-electron chi connectivity index (χ3n) is 4.54. The van der Waals surface area contributed by atoms with E-state index in [1.807, 2.05) is 0 Å². The van der Waals surface area contributed by atoms with Crippen LogP contribution in [0, 0.1) is 5.82 Å². The van der Waals surface area contributed by atoms with E-state index in [1.54, 1.807) is 18.2 Å². The second-order valence-corrected chi connectivity index (χ2v) is 6.47. The van der Waals surface area contributed by atoms with E-state index < -0.39 is 11.8 Å². The number of hydrogen-bond acceptors (Lipinski definition) is 5. The molecule has 0 radical (unpaired) electrons. The number of aliphatic carboxylic acids is 1. The predicted octanol–water partition coefficient (Wildman–Crippen LogP) is 1.11. The Balaban J connectivity index is 1.54. The summed E-state index contributed by atoms with van der Waals surface area (Å²) in [4.78, 5) is 23.3. The van der Waals surface area contributed by atoms with Gasteiger partial charge in [-0.15, -0.1) is 5.10 Å². The van der Waals surface area contributed by atoms with Gasteiger partial charge in [0.2, 0.25) is 0 Å². The maximum absolute atomic E-state index is 14.2. The van der Waals surface area contributed by atoms with Crippen LogP contribution in [0.25, 0.3) is 5.69 Å². The summed E-state index contributed by atoms with van der Waals surface area (Å²) in [5.74, 6) is -1.82. The molecule has 0 fully saturated rings. The molecular formula is C18H17FN6O3. The number of benzene rings is 1. The van der Waals surface area contributed by atoms with Gasteiger partial charge in [0.15, 0.2) is 5.69 Å². The summed E-state index contributed by atoms with van der Waals surface area (Å²) in [6.07, 6.45) is 3.77. The first-order valence-corrected chi connectivity index (χ1v) is 8.77. The zero-order chi connectivity index (χ0) is 19.7. The summed E-state index contributed by atoms with van der Waals surface area (Å²) in [5.41, 5.74) is 2.70. The third-order valence-corrected chi connectivity index (χ3v) is 4.54. The molecule has 3 aromatic rings. The van der Waals surface area contributed by atoms with E-state index in [0.29, 0.717) is 17.8 Å². The Bertz CT molecular complexity index is 1060. The van der Waals surface area contributed by atoms with Crippen LogP contribution in [0.4, 0.5) is 4.39 Å². The van der Waals surface area contributed by atoms with Crippen LogP contribution in [0.2, 0.25) is 0 Å². The highest BCUT2D eigenvalue weighted by molar-refractivity contribution is 5.94. The number of aromatic nitrogens is 5. The van der Waals surface area contributed by atoms with Gasteiger partial charge < -0.3 is 10.4 Å². The molecule has 0 unspecified atom stereocenters. The van der Waals surface area contributed by atoms with Crippen molar-refractivity contribution in [3.8, 4) is 5.69 Å². The van der Waals surface area contributed by atoms with Gasteiger partial charge in [-0.3, -0.25) is 9.59 Å². The first-order valence-electron chi connectivity index (χ1n) is 8.77. The second kappa shape index (κ2) is 7.22. The van der Waals surface area contributed by atoms with Gasteiger partial charge in [0, 0.05) is 11.3 Å². The summed E-state index contributed by atoms with van der Waals surface area (Å²) >= 11 is 0. The summed E-state index contributed by atoms with van der Waals surface area (Å²) in [5, 5.41) is 23.4. The van der Waals surface area contributed by atoms with Crippen LogP contribution in [0.15, 0.2) is 30.5 Å². The van der Waals surface area contributed by atoms with Crippen LogP contribution in [-0.4, -0.2) is 41.8 Å². The standard InChI is InChI=1S/C18H17FN6O3/c19-13-5-1-2-6-15(13)25-14-7-3-4-12(14)17(22-25)18(28)20-8-11-9-24(23-21-11)10-16(26)27/h1-2,5-6,9H,3-4,7-8,10H2,(H,20,28)(H,26,27). The lowest BCUT2D eigenvalue weighted by molar-refractivity contribution is -0.137. The van der Waals surface area contributed by atoms with Gasteiger partial charge in [0.25, 0.3) is 5.91 Å². The molecule has 10 heteroatoms. The van der Waals surface area contributed by atoms with E-state index >= 15 is 0 Å². The summed E-state index contributed by atoms with van der Waals surface area (Å²) < 4.78 is 16.9. The number of fused-ring (bicyclic) bond motifs is 1. The van der Waals surface area contributed by atoms with Crippen molar-refractivity contribution < 1.29 is 19.1 Å². The highest BCUT2D eigenvalue weighted by Crippen LogP contribution is 2.28. The van der Waals surface area contributed by atoms with Crippen molar-refractivity contribution >= 4 is 11.9 Å². The highest BCUT2D eigenvalue weighted by Gasteiger charge is 2.27. The number of halogens is 1. The predicted molar refractivity (Wildman–Crippen MR) is 94.4 cm³/mol. The Morgan fingerprint density at radius 3 is 2.86 bits per heavy atom. The lowest BCUT2D eigenvalue weighted by Crippen LogP contribution is -2.24. The average molecular weight is 384 g/mol. The first-order chi connectivity index (χ1) is 13.5. The minimum Gasteiger partial charge on any atom is -0.480 e. The van der Waals surface area contributed by atoms with Gasteiger partial charge in [-0.05, 0) is 31.4 Å². The quantitative estimate of drug-likeness (QED) is 0.658. The molecule has 0 saturated carbocycles. The number of carboxylic acid groups (broad SMARTS) is 1. The van der Waals surface area contributed by atoms with E-state index in [1.165, 1.54) is 21.6 Å². The van der Waals surface area contributed by atoms with Crippen molar-refractivity contribution in [2.75, 3.05) is 0 Å². The Labute approximate surface area is 158 Å². The van der Waals surface area contributed by atoms with Crippen molar-refractivity contribution in [3.05, 3.63) is 58.9 Å². The van der Waals surface area contributed by atoms with Crippen LogP contribution in [0.1, 0.15) is 33.9 Å². The fraction of sp³-hybridized carbons (Fsp3) is 0.278. The molecule has 2 N–H and O–H groups in total. The second-order valence-electron chi connectivity index (χ2n) is 6.47. The molecule has 1 aromatic carbocycles. The molecule has 1 amide bonds. The number of amides is 1.